The second-order valence-corrected chi connectivity index (χ2v) is 4.56. The van der Waals surface area contributed by atoms with E-state index in [-0.39, 0.29) is 0 Å². The Hall–Kier alpha value is -1.13. The maximum Gasteiger partial charge on any atom is 0.198 e. The first kappa shape index (κ1) is 11.4. The Bertz CT molecular complexity index is 479. The average molecular weight is 282 g/mol. The molecule has 1 aromatic heterocycles. The number of nitrogens with zero attached hydrogens (tertiary/aromatic N) is 1. The first-order valence-corrected chi connectivity index (χ1v) is 5.81. The van der Waals surface area contributed by atoms with Crippen LogP contribution in [0, 0.1) is 0 Å². The minimum absolute atomic E-state index is 0.574. The van der Waals surface area contributed by atoms with Crippen molar-refractivity contribution in [2.45, 2.75) is 19.4 Å². The third-order valence-corrected chi connectivity index (χ3v) is 2.74. The summed E-state index contributed by atoms with van der Waals surface area (Å²) in [7, 11) is 0. The normalized spacial score (nSPS) is 12.7. The summed E-state index contributed by atoms with van der Waals surface area (Å²) in [6, 6.07) is 7.97. The summed E-state index contributed by atoms with van der Waals surface area (Å²) in [6.07, 6.45) is 1.55. The third kappa shape index (κ3) is 2.71. The number of halogens is 1. The first-order chi connectivity index (χ1) is 7.65. The van der Waals surface area contributed by atoms with Gasteiger partial charge >= 0.3 is 0 Å². The number of rotatable bonds is 3. The van der Waals surface area contributed by atoms with Crippen LogP contribution in [0.2, 0.25) is 0 Å². The largest absolute Gasteiger partial charge is 0.448 e. The smallest absolute Gasteiger partial charge is 0.198 e. The highest BCUT2D eigenvalue weighted by atomic mass is 79.9. The molecule has 0 aliphatic rings. The van der Waals surface area contributed by atoms with Gasteiger partial charge in [-0.2, -0.15) is 0 Å². The van der Waals surface area contributed by atoms with Crippen molar-refractivity contribution >= 4 is 15.9 Å². The third-order valence-electron chi connectivity index (χ3n) is 2.24. The Morgan fingerprint density at radius 3 is 2.94 bits per heavy atom. The van der Waals surface area contributed by atoms with Crippen molar-refractivity contribution < 1.29 is 9.52 Å². The van der Waals surface area contributed by atoms with Crippen molar-refractivity contribution in [1.82, 2.24) is 4.98 Å². The van der Waals surface area contributed by atoms with E-state index in [4.69, 9.17) is 4.42 Å². The topological polar surface area (TPSA) is 46.3 Å². The fourth-order valence-electron chi connectivity index (χ4n) is 1.42. The maximum absolute atomic E-state index is 9.32. The Morgan fingerprint density at radius 2 is 2.31 bits per heavy atom. The lowest BCUT2D eigenvalue weighted by Crippen LogP contribution is -1.93. The molecule has 2 rings (SSSR count). The van der Waals surface area contributed by atoms with E-state index < -0.39 is 6.10 Å². The molecule has 0 aliphatic heterocycles. The number of benzene rings is 1. The molecule has 1 unspecified atom stereocenters. The summed E-state index contributed by atoms with van der Waals surface area (Å²) in [5.74, 6) is 0.619. The molecule has 0 saturated heterocycles. The van der Waals surface area contributed by atoms with Crippen molar-refractivity contribution in [3.05, 3.63) is 52.1 Å². The highest BCUT2D eigenvalue weighted by Gasteiger charge is 2.08. The number of aliphatic hydroxyl groups excluding tert-OH is 1. The Balaban J connectivity index is 2.14. The van der Waals surface area contributed by atoms with Crippen LogP contribution in [0.15, 0.2) is 39.4 Å². The van der Waals surface area contributed by atoms with E-state index >= 15 is 0 Å². The molecule has 1 atom stereocenters. The minimum atomic E-state index is -0.583. The maximum atomic E-state index is 9.32. The van der Waals surface area contributed by atoms with E-state index in [2.05, 4.69) is 20.9 Å². The van der Waals surface area contributed by atoms with Crippen LogP contribution >= 0.6 is 15.9 Å². The summed E-state index contributed by atoms with van der Waals surface area (Å²) < 4.78 is 6.32. The zero-order valence-corrected chi connectivity index (χ0v) is 10.4. The molecule has 0 aliphatic carbocycles. The monoisotopic (exact) mass is 281 g/mol. The van der Waals surface area contributed by atoms with Gasteiger partial charge in [0.25, 0.3) is 0 Å². The van der Waals surface area contributed by atoms with Gasteiger partial charge in [0.1, 0.15) is 12.0 Å². The fraction of sp³-hybridized carbons (Fsp3) is 0.250. The summed E-state index contributed by atoms with van der Waals surface area (Å²) in [5.41, 5.74) is 1.69. The van der Waals surface area contributed by atoms with Gasteiger partial charge in [0.2, 0.25) is 0 Å². The summed E-state index contributed by atoms with van der Waals surface area (Å²) >= 11 is 3.41. The lowest BCUT2D eigenvalue weighted by atomic mass is 10.1. The SMILES string of the molecule is CC(O)c1coc(Cc2cccc(Br)c2)n1. The number of aromatic nitrogens is 1. The van der Waals surface area contributed by atoms with Gasteiger partial charge in [-0.1, -0.05) is 28.1 Å². The zero-order valence-electron chi connectivity index (χ0n) is 8.85. The van der Waals surface area contributed by atoms with Gasteiger partial charge in [0.05, 0.1) is 6.10 Å². The lowest BCUT2D eigenvalue weighted by Gasteiger charge is -1.98. The van der Waals surface area contributed by atoms with Crippen LogP contribution in [0.1, 0.15) is 30.2 Å². The van der Waals surface area contributed by atoms with Gasteiger partial charge < -0.3 is 9.52 Å². The highest BCUT2D eigenvalue weighted by Crippen LogP contribution is 2.17. The fourth-order valence-corrected chi connectivity index (χ4v) is 1.87. The van der Waals surface area contributed by atoms with E-state index in [1.165, 1.54) is 6.26 Å². The van der Waals surface area contributed by atoms with Crippen LogP contribution in [0.25, 0.3) is 0 Å². The van der Waals surface area contributed by atoms with Gasteiger partial charge in [-0.3, -0.25) is 0 Å². The predicted octanol–water partition coefficient (Wildman–Crippen LogP) is 3.08. The van der Waals surface area contributed by atoms with E-state index in [0.29, 0.717) is 18.0 Å². The van der Waals surface area contributed by atoms with Gasteiger partial charge in [-0.05, 0) is 24.6 Å². The molecule has 0 amide bonds. The molecule has 2 aromatic rings. The molecule has 0 radical (unpaired) electrons. The molecule has 1 N–H and O–H groups in total. The highest BCUT2D eigenvalue weighted by molar-refractivity contribution is 9.10. The molecule has 3 nitrogen and oxygen atoms in total. The summed E-state index contributed by atoms with van der Waals surface area (Å²) in [6.45, 7) is 1.67. The predicted molar refractivity (Wildman–Crippen MR) is 64.1 cm³/mol. The lowest BCUT2D eigenvalue weighted by molar-refractivity contribution is 0.194. The molecule has 1 aromatic carbocycles. The molecule has 0 fully saturated rings. The van der Waals surface area contributed by atoms with E-state index in [9.17, 15) is 5.11 Å². The van der Waals surface area contributed by atoms with Gasteiger partial charge in [-0.15, -0.1) is 0 Å². The van der Waals surface area contributed by atoms with Crippen molar-refractivity contribution in [3.63, 3.8) is 0 Å². The van der Waals surface area contributed by atoms with Crippen LogP contribution in [-0.4, -0.2) is 10.1 Å². The van der Waals surface area contributed by atoms with Crippen molar-refractivity contribution in [2.24, 2.45) is 0 Å². The molecule has 1 heterocycles. The van der Waals surface area contributed by atoms with Crippen molar-refractivity contribution in [3.8, 4) is 0 Å². The molecular weight excluding hydrogens is 270 g/mol. The first-order valence-electron chi connectivity index (χ1n) is 5.02. The standard InChI is InChI=1S/C12H12BrNO2/c1-8(15)11-7-16-12(14-11)6-9-3-2-4-10(13)5-9/h2-5,7-8,15H,6H2,1H3. The number of aliphatic hydroxyl groups is 1. The number of oxazole rings is 1. The minimum Gasteiger partial charge on any atom is -0.448 e. The summed E-state index contributed by atoms with van der Waals surface area (Å²) in [4.78, 5) is 4.20. The van der Waals surface area contributed by atoms with Crippen LogP contribution in [-0.2, 0) is 6.42 Å². The zero-order chi connectivity index (χ0) is 11.5. The van der Waals surface area contributed by atoms with Gasteiger partial charge in [0.15, 0.2) is 5.89 Å². The second kappa shape index (κ2) is 4.80. The molecule has 84 valence electrons. The van der Waals surface area contributed by atoms with E-state index in [1.54, 1.807) is 6.92 Å². The molecular formula is C12H12BrNO2. The number of hydrogen-bond donors (Lipinski definition) is 1. The molecule has 0 saturated carbocycles. The molecule has 0 bridgehead atoms. The van der Waals surface area contributed by atoms with Crippen LogP contribution < -0.4 is 0 Å². The van der Waals surface area contributed by atoms with Crippen LogP contribution in [0.5, 0.6) is 0 Å². The molecule has 4 heteroatoms. The van der Waals surface area contributed by atoms with E-state index in [0.717, 1.165) is 10.0 Å². The Kier molecular flexibility index (Phi) is 3.41. The summed E-state index contributed by atoms with van der Waals surface area (Å²) in [5, 5.41) is 9.32. The van der Waals surface area contributed by atoms with Gasteiger partial charge in [-0.25, -0.2) is 4.98 Å². The van der Waals surface area contributed by atoms with Crippen molar-refractivity contribution in [1.29, 1.82) is 0 Å². The Labute approximate surface area is 102 Å². The molecule has 16 heavy (non-hydrogen) atoms. The van der Waals surface area contributed by atoms with Crippen LogP contribution in [0.3, 0.4) is 0 Å². The van der Waals surface area contributed by atoms with Crippen LogP contribution in [0.4, 0.5) is 0 Å². The van der Waals surface area contributed by atoms with Crippen molar-refractivity contribution in [2.75, 3.05) is 0 Å². The van der Waals surface area contributed by atoms with E-state index in [1.807, 2.05) is 24.3 Å². The Morgan fingerprint density at radius 1 is 1.50 bits per heavy atom. The quantitative estimate of drug-likeness (QED) is 0.941. The van der Waals surface area contributed by atoms with Gasteiger partial charge in [0, 0.05) is 10.9 Å². The average Bonchev–Trinajstić information content (AvgIpc) is 2.66. The second-order valence-electron chi connectivity index (χ2n) is 3.65. The molecule has 0 spiro atoms. The number of hydrogen-bond acceptors (Lipinski definition) is 3.